The number of nitrogens with zero attached hydrogens (tertiary/aromatic N) is 3. The minimum Gasteiger partial charge on any atom is -0.323 e. The number of nitriles is 1. The van der Waals surface area contributed by atoms with Gasteiger partial charge in [0.05, 0.1) is 16.9 Å². The van der Waals surface area contributed by atoms with Gasteiger partial charge in [-0.2, -0.15) is 5.26 Å². The summed E-state index contributed by atoms with van der Waals surface area (Å²) >= 11 is 0. The number of carbonyl (C=O) groups is 3. The van der Waals surface area contributed by atoms with Gasteiger partial charge in [0.1, 0.15) is 19.2 Å². The van der Waals surface area contributed by atoms with Crippen molar-refractivity contribution in [1.82, 2.24) is 4.90 Å². The lowest BCUT2D eigenvalue weighted by atomic mass is 10.2. The van der Waals surface area contributed by atoms with E-state index in [9.17, 15) is 14.4 Å². The van der Waals surface area contributed by atoms with Crippen LogP contribution in [-0.4, -0.2) is 35.8 Å². The van der Waals surface area contributed by atoms with Crippen LogP contribution in [0.5, 0.6) is 0 Å². The molecule has 124 valence electrons. The molecule has 0 aromatic heterocycles. The van der Waals surface area contributed by atoms with E-state index < -0.39 is 11.9 Å². The first kappa shape index (κ1) is 16.2. The first-order valence-electron chi connectivity index (χ1n) is 7.56. The van der Waals surface area contributed by atoms with Gasteiger partial charge in [0.25, 0.3) is 5.91 Å². The lowest BCUT2D eigenvalue weighted by Crippen LogP contribution is -2.37. The highest BCUT2D eigenvalue weighted by molar-refractivity contribution is 6.20. The number of rotatable bonds is 4. The summed E-state index contributed by atoms with van der Waals surface area (Å²) in [5, 5.41) is 11.6. The van der Waals surface area contributed by atoms with Crippen LogP contribution < -0.4 is 10.2 Å². The Labute approximate surface area is 144 Å². The average Bonchev–Trinajstić information content (AvgIpc) is 2.89. The Morgan fingerprint density at radius 1 is 1.08 bits per heavy atom. The molecule has 1 aliphatic rings. The summed E-state index contributed by atoms with van der Waals surface area (Å²) in [4.78, 5) is 39.0. The van der Waals surface area contributed by atoms with E-state index in [1.165, 1.54) is 4.90 Å². The normalized spacial score (nSPS) is 13.7. The van der Waals surface area contributed by atoms with Crippen molar-refractivity contribution in [3.63, 3.8) is 0 Å². The maximum atomic E-state index is 12.4. The van der Waals surface area contributed by atoms with Crippen LogP contribution in [0, 0.1) is 11.3 Å². The molecule has 1 saturated heterocycles. The molecular formula is C18H14N4O3. The number of benzene rings is 2. The SMILES string of the molecule is N#Cc1ccccc1NC(=O)CN1CC(=O)N(c2ccccc2)C1=O. The quantitative estimate of drug-likeness (QED) is 0.865. The zero-order valence-corrected chi connectivity index (χ0v) is 13.2. The molecule has 0 unspecified atom stereocenters. The Bertz CT molecular complexity index is 873. The molecule has 4 amide bonds. The number of urea groups is 1. The molecule has 1 N–H and O–H groups in total. The molecule has 1 aliphatic heterocycles. The Morgan fingerprint density at radius 2 is 1.76 bits per heavy atom. The second-order valence-corrected chi connectivity index (χ2v) is 5.41. The molecule has 1 fully saturated rings. The Balaban J connectivity index is 1.69. The predicted octanol–water partition coefficient (Wildman–Crippen LogP) is 1.97. The van der Waals surface area contributed by atoms with Gasteiger partial charge in [0, 0.05) is 0 Å². The molecule has 2 aromatic carbocycles. The third-order valence-electron chi connectivity index (χ3n) is 3.71. The number of amides is 4. The molecule has 0 atom stereocenters. The lowest BCUT2D eigenvalue weighted by Gasteiger charge is -2.17. The van der Waals surface area contributed by atoms with Gasteiger partial charge >= 0.3 is 6.03 Å². The topological polar surface area (TPSA) is 93.5 Å². The number of nitrogens with one attached hydrogen (secondary N) is 1. The van der Waals surface area contributed by atoms with Crippen LogP contribution in [0.4, 0.5) is 16.2 Å². The van der Waals surface area contributed by atoms with E-state index in [2.05, 4.69) is 5.32 Å². The molecule has 0 spiro atoms. The molecule has 7 nitrogen and oxygen atoms in total. The van der Waals surface area contributed by atoms with E-state index in [0.29, 0.717) is 16.9 Å². The van der Waals surface area contributed by atoms with Gasteiger partial charge in [-0.15, -0.1) is 0 Å². The molecular weight excluding hydrogens is 320 g/mol. The average molecular weight is 334 g/mol. The van der Waals surface area contributed by atoms with Crippen molar-refractivity contribution in [3.05, 3.63) is 60.2 Å². The highest BCUT2D eigenvalue weighted by Crippen LogP contribution is 2.21. The predicted molar refractivity (Wildman–Crippen MR) is 90.7 cm³/mol. The number of hydrogen-bond acceptors (Lipinski definition) is 4. The second-order valence-electron chi connectivity index (χ2n) is 5.41. The highest BCUT2D eigenvalue weighted by atomic mass is 16.2. The summed E-state index contributed by atoms with van der Waals surface area (Å²) in [6.45, 7) is -0.436. The van der Waals surface area contributed by atoms with E-state index in [4.69, 9.17) is 5.26 Å². The fourth-order valence-electron chi connectivity index (χ4n) is 2.56. The van der Waals surface area contributed by atoms with E-state index in [1.807, 2.05) is 6.07 Å². The molecule has 7 heteroatoms. The van der Waals surface area contributed by atoms with Crippen molar-refractivity contribution >= 4 is 29.2 Å². The molecule has 3 rings (SSSR count). The molecule has 25 heavy (non-hydrogen) atoms. The van der Waals surface area contributed by atoms with Crippen molar-refractivity contribution in [3.8, 4) is 6.07 Å². The standard InChI is InChI=1S/C18H14N4O3/c19-10-13-6-4-5-9-15(13)20-16(23)11-21-12-17(24)22(18(21)25)14-7-2-1-3-8-14/h1-9H,11-12H2,(H,20,23). The fraction of sp³-hybridized carbons (Fsp3) is 0.111. The van der Waals surface area contributed by atoms with E-state index in [0.717, 1.165) is 4.90 Å². The second kappa shape index (κ2) is 6.84. The van der Waals surface area contributed by atoms with E-state index >= 15 is 0 Å². The van der Waals surface area contributed by atoms with Gasteiger partial charge in [-0.25, -0.2) is 9.69 Å². The minimum absolute atomic E-state index is 0.166. The Hall–Kier alpha value is -3.66. The van der Waals surface area contributed by atoms with Crippen molar-refractivity contribution in [2.75, 3.05) is 23.3 Å². The number of hydrogen-bond donors (Lipinski definition) is 1. The number of carbonyl (C=O) groups excluding carboxylic acids is 3. The molecule has 0 radical (unpaired) electrons. The van der Waals surface area contributed by atoms with Gasteiger partial charge in [-0.3, -0.25) is 9.59 Å². The number of para-hydroxylation sites is 2. The van der Waals surface area contributed by atoms with Crippen LogP contribution in [0.1, 0.15) is 5.56 Å². The van der Waals surface area contributed by atoms with Crippen LogP contribution in [0.3, 0.4) is 0 Å². The third-order valence-corrected chi connectivity index (χ3v) is 3.71. The highest BCUT2D eigenvalue weighted by Gasteiger charge is 2.37. The minimum atomic E-state index is -0.542. The van der Waals surface area contributed by atoms with Crippen LogP contribution >= 0.6 is 0 Å². The fourth-order valence-corrected chi connectivity index (χ4v) is 2.56. The Morgan fingerprint density at radius 3 is 2.48 bits per heavy atom. The van der Waals surface area contributed by atoms with Gasteiger partial charge in [0.15, 0.2) is 0 Å². The summed E-state index contributed by atoms with van der Waals surface area (Å²) in [5.41, 5.74) is 1.16. The summed E-state index contributed by atoms with van der Waals surface area (Å²) in [6, 6.07) is 16.6. The summed E-state index contributed by atoms with van der Waals surface area (Å²) in [7, 11) is 0. The van der Waals surface area contributed by atoms with Crippen LogP contribution in [0.2, 0.25) is 0 Å². The van der Waals surface area contributed by atoms with Crippen molar-refractivity contribution < 1.29 is 14.4 Å². The van der Waals surface area contributed by atoms with Gasteiger partial charge in [-0.05, 0) is 24.3 Å². The molecule has 0 saturated carbocycles. The zero-order valence-electron chi connectivity index (χ0n) is 13.2. The molecule has 0 bridgehead atoms. The molecule has 2 aromatic rings. The summed E-state index contributed by atoms with van der Waals surface area (Å²) < 4.78 is 0. The maximum Gasteiger partial charge on any atom is 0.332 e. The van der Waals surface area contributed by atoms with Crippen LogP contribution in [-0.2, 0) is 9.59 Å². The first-order valence-corrected chi connectivity index (χ1v) is 7.56. The smallest absolute Gasteiger partial charge is 0.323 e. The van der Waals surface area contributed by atoms with Crippen LogP contribution in [0.15, 0.2) is 54.6 Å². The van der Waals surface area contributed by atoms with E-state index in [1.54, 1.807) is 54.6 Å². The van der Waals surface area contributed by atoms with E-state index in [-0.39, 0.29) is 19.0 Å². The zero-order chi connectivity index (χ0) is 17.8. The van der Waals surface area contributed by atoms with Crippen molar-refractivity contribution in [2.45, 2.75) is 0 Å². The largest absolute Gasteiger partial charge is 0.332 e. The van der Waals surface area contributed by atoms with Gasteiger partial charge in [-0.1, -0.05) is 30.3 Å². The lowest BCUT2D eigenvalue weighted by molar-refractivity contribution is -0.118. The van der Waals surface area contributed by atoms with Crippen molar-refractivity contribution in [2.24, 2.45) is 0 Å². The molecule has 0 aliphatic carbocycles. The summed E-state index contributed by atoms with van der Waals surface area (Å²) in [6.07, 6.45) is 0. The first-order chi connectivity index (χ1) is 12.1. The number of imide groups is 1. The number of anilines is 2. The third kappa shape index (κ3) is 3.33. The van der Waals surface area contributed by atoms with Crippen LogP contribution in [0.25, 0.3) is 0 Å². The monoisotopic (exact) mass is 334 g/mol. The molecule has 1 heterocycles. The summed E-state index contributed by atoms with van der Waals surface area (Å²) in [5.74, 6) is -0.861. The van der Waals surface area contributed by atoms with Gasteiger partial charge in [0.2, 0.25) is 5.91 Å². The van der Waals surface area contributed by atoms with Crippen molar-refractivity contribution in [1.29, 1.82) is 5.26 Å². The Kier molecular flexibility index (Phi) is 4.44. The maximum absolute atomic E-state index is 12.4. The van der Waals surface area contributed by atoms with Gasteiger partial charge < -0.3 is 10.2 Å².